The Morgan fingerprint density at radius 2 is 0.645 bits per heavy atom. The predicted octanol–water partition coefficient (Wildman–Crippen LogP) is 30.2. The quantitative estimate of drug-likeness (QED) is 0.0989. The molecule has 124 heavy (non-hydrogen) atoms. The first-order chi connectivity index (χ1) is 60.2. The number of rotatable bonds is 7. The smallest absolute Gasteiger partial charge is 0.409 e. The van der Waals surface area contributed by atoms with Gasteiger partial charge in [-0.05, 0) is 86.3 Å². The second-order valence-corrected chi connectivity index (χ2v) is 16.1. The number of aromatic nitrogens is 8. The number of nitrogens with one attached hydrogen (secondary N) is 1. The van der Waals surface area contributed by atoms with E-state index < -0.39 is 5.97 Å². The van der Waals surface area contributed by atoms with Crippen molar-refractivity contribution in [2.75, 3.05) is 51.4 Å². The normalized spacial score (nSPS) is 8.63. The minimum atomic E-state index is -0.962. The molecule has 0 atom stereocenters. The zero-order valence-corrected chi connectivity index (χ0v) is 58.9. The molecule has 78 heteroatoms. The number of nitrogens with zero attached hydrogens (tertiary/aromatic N) is 10. The van der Waals surface area contributed by atoms with Crippen LogP contribution in [0, 0.1) is 27.7 Å². The molecule has 2 saturated heterocycles. The molecule has 0 radical (unpaired) electrons. The van der Waals surface area contributed by atoms with Crippen LogP contribution < -0.4 is 11.1 Å². The molecule has 3 amide bonds. The summed E-state index contributed by atoms with van der Waals surface area (Å²) in [6, 6.07) is 18.8. The summed E-state index contributed by atoms with van der Waals surface area (Å²) in [5, 5.41) is 19.8. The molecular formula is C46H47F57N12O9. The van der Waals surface area contributed by atoms with Gasteiger partial charge in [-0.2, -0.15) is 9.97 Å². The number of carbonyl (C=O) groups is 4. The van der Waals surface area contributed by atoms with Crippen LogP contribution in [0.2, 0.25) is 0 Å². The Balaban J connectivity index is -0.0000000503. The van der Waals surface area contributed by atoms with Gasteiger partial charge in [0.25, 0.3) is 5.91 Å². The number of carboxylic acids is 1. The van der Waals surface area contributed by atoms with Gasteiger partial charge in [-0.1, -0.05) is 34.6 Å². The van der Waals surface area contributed by atoms with Gasteiger partial charge >= 0.3 is 18.2 Å². The number of aryl methyl sites for hydroxylation is 4. The van der Waals surface area contributed by atoms with E-state index in [1.54, 1.807) is 31.0 Å². The SMILES string of the molecule is COC(=O)N1CC(c2nc(-c3ccc(C)c(N)c3)no2)C1.COC(=O)N1CC(c2nc(-c3ccc(C)c(NC(=O)c4cnc5cc(C)ccn45)c3)no2)C1.Cc1ccn2c(C(=O)O)cnc2c1.F.FF.FF.FF.FF.FF.FF.FF.FF.FF.FF.FF.FF.FF.FF.FF.FF.FF.FF.FF.FF.FF.FF.FF.FF.FF.FF.FF.FF. The van der Waals surface area contributed by atoms with Gasteiger partial charge in [-0.25, -0.2) is 24.4 Å². The summed E-state index contributed by atoms with van der Waals surface area (Å²) < 4.78 is 471. The maximum atomic E-state index is 13.0. The van der Waals surface area contributed by atoms with Crippen molar-refractivity contribution in [1.29, 1.82) is 0 Å². The molecule has 2 aromatic carbocycles. The number of imidazole rings is 2. The Bertz CT molecular complexity index is 3260. The van der Waals surface area contributed by atoms with E-state index in [9.17, 15) is 19.2 Å². The Kier molecular flexibility index (Phi) is 203. The van der Waals surface area contributed by atoms with Crippen molar-refractivity contribution in [3.8, 4) is 22.8 Å². The molecule has 4 N–H and O–H groups in total. The van der Waals surface area contributed by atoms with Crippen LogP contribution in [-0.2, 0) is 9.47 Å². The summed E-state index contributed by atoms with van der Waals surface area (Å²) in [6.07, 6.45) is 5.75. The van der Waals surface area contributed by atoms with Crippen molar-refractivity contribution in [3.63, 3.8) is 0 Å². The number of nitrogen functional groups attached to an aromatic ring is 1. The van der Waals surface area contributed by atoms with E-state index in [0.717, 1.165) is 27.8 Å². The standard InChI is InChI=1S/C23H22N6O4.C14H16N4O3.C9H8N2O2.28F2.FH/c1-13-6-7-29-18(10-24-19(29)8-13)21(30)25-17-9-15(5-4-14(17)2)20-26-22(33-27-20)16-11-28(12-16)23(31)32-3;1-8-3-4-9(5-11(8)15)12-16-13(21-17-12)10-6-18(7-10)14(19)20-2;1-6-2-3-11-7(9(12)13)5-10-8(11)4-6;28*1-2;/h4-10,16H,11-12H2,1-3H3,(H,25,30);3-5,10H,6-7,15H2,1-2H3;2-5H,1H3,(H,12,13);;;;;;;;;;;;;;;;;;;;;;;;;;;;;1H. The molecular weight excluding hydrogens is 1950 g/mol. The van der Waals surface area contributed by atoms with Gasteiger partial charge in [0.15, 0.2) is 5.69 Å². The lowest BCUT2D eigenvalue weighted by Gasteiger charge is -2.35. The van der Waals surface area contributed by atoms with Gasteiger partial charge in [0, 0.05) is 317 Å². The Morgan fingerprint density at radius 1 is 0.387 bits per heavy atom. The average Bonchev–Trinajstić information content (AvgIpc) is 1.57. The van der Waals surface area contributed by atoms with E-state index in [2.05, 4.69) is 40.3 Å². The highest BCUT2D eigenvalue weighted by Gasteiger charge is 2.37. The molecule has 10 rings (SSSR count). The van der Waals surface area contributed by atoms with Crippen molar-refractivity contribution in [2.45, 2.75) is 39.5 Å². The van der Waals surface area contributed by atoms with Crippen LogP contribution >= 0.6 is 0 Å². The molecule has 6 aromatic heterocycles. The molecule has 21 nitrogen and oxygen atoms in total. The molecule has 0 bridgehead atoms. The number of hydrogen-bond acceptors (Lipinski definition) is 15. The summed E-state index contributed by atoms with van der Waals surface area (Å²) in [7, 11) is 2.72. The highest BCUT2D eigenvalue weighted by Crippen LogP contribution is 2.31. The van der Waals surface area contributed by atoms with Crippen molar-refractivity contribution < 1.29 is 304 Å². The molecule has 2 fully saturated rings. The second-order valence-electron chi connectivity index (χ2n) is 16.1. The van der Waals surface area contributed by atoms with Crippen LogP contribution in [0.4, 0.5) is 282 Å². The summed E-state index contributed by atoms with van der Waals surface area (Å²) >= 11 is 0. The number of carboxylic acid groups (broad SMARTS) is 1. The van der Waals surface area contributed by atoms with E-state index in [1.165, 1.54) is 20.4 Å². The van der Waals surface area contributed by atoms with Crippen LogP contribution in [0.3, 0.4) is 0 Å². The van der Waals surface area contributed by atoms with Crippen LogP contribution in [-0.4, -0.2) is 118 Å². The fourth-order valence-electron chi connectivity index (χ4n) is 7.22. The maximum absolute atomic E-state index is 13.0. The zero-order chi connectivity index (χ0) is 104. The fraction of sp³-hybridized carbons (Fsp3) is 0.261. The number of anilines is 2. The predicted molar refractivity (Wildman–Crippen MR) is 306 cm³/mol. The van der Waals surface area contributed by atoms with E-state index in [4.69, 9.17) is 281 Å². The minimum absolute atomic E-state index is 0. The zero-order valence-electron chi connectivity index (χ0n) is 58.9. The summed E-state index contributed by atoms with van der Waals surface area (Å²) in [4.78, 5) is 66.8. The molecule has 2 aliphatic heterocycles. The number of fused-ring (bicyclic) bond motifs is 2. The number of pyridine rings is 2. The number of nitrogens with two attached hydrogens (primary N) is 1. The number of ether oxygens (including phenoxy) is 2. The van der Waals surface area contributed by atoms with Gasteiger partial charge in [0.2, 0.25) is 23.4 Å². The van der Waals surface area contributed by atoms with Crippen LogP contribution in [0.15, 0.2) is 94.5 Å². The molecule has 2 aliphatic rings. The molecule has 0 aliphatic carbocycles. The van der Waals surface area contributed by atoms with Crippen molar-refractivity contribution in [3.05, 3.63) is 131 Å². The number of hydrogen-bond donors (Lipinski definition) is 3. The first kappa shape index (κ1) is 170. The van der Waals surface area contributed by atoms with Gasteiger partial charge in [-0.3, -0.25) is 18.3 Å². The summed E-state index contributed by atoms with van der Waals surface area (Å²) in [6.45, 7) is 9.78. The average molecular weight is 1990 g/mol. The van der Waals surface area contributed by atoms with Crippen LogP contribution in [0.25, 0.3) is 34.1 Å². The molecule has 8 aromatic rings. The lowest BCUT2D eigenvalue weighted by molar-refractivity contribution is 0.0688. The minimum Gasteiger partial charge on any atom is -0.477 e. The topological polar surface area (TPSA) is 264 Å². The monoisotopic (exact) mass is 1990 g/mol. The lowest BCUT2D eigenvalue weighted by Crippen LogP contribution is -2.48. The summed E-state index contributed by atoms with van der Waals surface area (Å²) in [5.41, 5.74) is 14.8. The third-order valence-corrected chi connectivity index (χ3v) is 11.3. The molecule has 744 valence electrons. The Labute approximate surface area is 644 Å². The van der Waals surface area contributed by atoms with Gasteiger partial charge in [0.05, 0.1) is 38.4 Å². The number of halogens is 57. The third kappa shape index (κ3) is 74.4. The lowest BCUT2D eigenvalue weighted by atomic mass is 10.0. The number of amides is 3. The number of carbonyl (C=O) groups excluding carboxylic acids is 3. The largest absolute Gasteiger partial charge is 0.477 e. The van der Waals surface area contributed by atoms with Crippen LogP contribution in [0.1, 0.15) is 66.8 Å². The van der Waals surface area contributed by atoms with Gasteiger partial charge < -0.3 is 44.5 Å². The number of methoxy groups -OCH3 is 2. The number of likely N-dealkylation sites (tertiary alicyclic amines) is 2. The Hall–Kier alpha value is -12.6. The van der Waals surface area contributed by atoms with Crippen molar-refractivity contribution in [2.24, 2.45) is 0 Å². The highest BCUT2D eigenvalue weighted by molar-refractivity contribution is 6.04. The third-order valence-electron chi connectivity index (χ3n) is 11.3. The fourth-order valence-corrected chi connectivity index (χ4v) is 7.22. The van der Waals surface area contributed by atoms with Gasteiger partial charge in [-0.15, -0.1) is 0 Å². The van der Waals surface area contributed by atoms with E-state index in [-0.39, 0.29) is 40.3 Å². The number of benzene rings is 2. The molecule has 0 saturated carbocycles. The maximum Gasteiger partial charge on any atom is 0.409 e. The molecule has 0 unspecified atom stereocenters. The second kappa shape index (κ2) is 148. The first-order valence-electron chi connectivity index (χ1n) is 24.9. The highest BCUT2D eigenvalue weighted by atomic mass is 20.1. The van der Waals surface area contributed by atoms with Crippen LogP contribution in [0.5, 0.6) is 0 Å². The van der Waals surface area contributed by atoms with E-state index in [0.29, 0.717) is 83.5 Å². The number of aromatic carboxylic acids is 1. The van der Waals surface area contributed by atoms with Crippen molar-refractivity contribution in [1.82, 2.24) is 48.9 Å². The Morgan fingerprint density at radius 3 is 0.911 bits per heavy atom. The van der Waals surface area contributed by atoms with Gasteiger partial charge in [0.1, 0.15) is 17.0 Å². The first-order valence-corrected chi connectivity index (χ1v) is 24.9. The van der Waals surface area contributed by atoms with Crippen molar-refractivity contribution >= 4 is 46.7 Å². The van der Waals surface area contributed by atoms with E-state index in [1.807, 2.05) is 94.6 Å². The van der Waals surface area contributed by atoms with E-state index >= 15 is 0 Å². The summed E-state index contributed by atoms with van der Waals surface area (Å²) in [5.74, 6) is 0.744. The molecule has 8 heterocycles. The molecule has 0 spiro atoms.